The summed E-state index contributed by atoms with van der Waals surface area (Å²) in [6.07, 6.45) is 6.90. The number of rotatable bonds is 1. The van der Waals surface area contributed by atoms with Crippen molar-refractivity contribution in [2.75, 3.05) is 5.32 Å². The quantitative estimate of drug-likeness (QED) is 0.742. The van der Waals surface area contributed by atoms with Crippen molar-refractivity contribution in [3.8, 4) is 0 Å². The van der Waals surface area contributed by atoms with Crippen LogP contribution in [0.4, 0.5) is 5.82 Å². The van der Waals surface area contributed by atoms with Gasteiger partial charge < -0.3 is 5.32 Å². The Balaban J connectivity index is 2.39. The van der Waals surface area contributed by atoms with Gasteiger partial charge in [-0.15, -0.1) is 0 Å². The fraction of sp³-hybridized carbons (Fsp3) is 0.222. The van der Waals surface area contributed by atoms with Gasteiger partial charge in [0.1, 0.15) is 5.82 Å². The van der Waals surface area contributed by atoms with Gasteiger partial charge in [-0.2, -0.15) is 0 Å². The molecule has 0 fully saturated rings. The third-order valence-electron chi connectivity index (χ3n) is 1.85. The fourth-order valence-electron chi connectivity index (χ4n) is 1.24. The van der Waals surface area contributed by atoms with E-state index >= 15 is 0 Å². The van der Waals surface area contributed by atoms with Crippen molar-refractivity contribution in [1.29, 1.82) is 0 Å². The lowest BCUT2D eigenvalue weighted by Gasteiger charge is -2.11. The number of pyridine rings is 1. The maximum absolute atomic E-state index is 4.30. The summed E-state index contributed by atoms with van der Waals surface area (Å²) in [5.74, 6) is 0.988. The molecular weight excluding hydrogens is 216 g/mol. The molecule has 1 N–H and O–H groups in total. The molecule has 0 amide bonds. The first-order valence-corrected chi connectivity index (χ1v) is 4.97. The monoisotopic (exact) mass is 224 g/mol. The first-order chi connectivity index (χ1) is 5.90. The average molecular weight is 225 g/mol. The molecule has 2 heterocycles. The Bertz CT molecular complexity index is 320. The van der Waals surface area contributed by atoms with Gasteiger partial charge in [0.2, 0.25) is 0 Å². The van der Waals surface area contributed by atoms with E-state index < -0.39 is 0 Å². The second kappa shape index (κ2) is 3.27. The Labute approximate surface area is 79.8 Å². The Morgan fingerprint density at radius 2 is 2.50 bits per heavy atom. The number of hydrogen-bond donors (Lipinski definition) is 1. The predicted octanol–water partition coefficient (Wildman–Crippen LogP) is 2.46. The number of fused-ring (bicyclic) bond motifs is 1. The number of hydrogen-bond acceptors (Lipinski definition) is 2. The summed E-state index contributed by atoms with van der Waals surface area (Å²) < 4.78 is 0. The van der Waals surface area contributed by atoms with Gasteiger partial charge in [0.05, 0.1) is 0 Å². The number of aromatic nitrogens is 1. The highest BCUT2D eigenvalue weighted by Gasteiger charge is 2.05. The molecule has 0 atom stereocenters. The predicted molar refractivity (Wildman–Crippen MR) is 53.3 cm³/mol. The Morgan fingerprint density at radius 3 is 3.33 bits per heavy atom. The molecule has 0 unspecified atom stereocenters. The maximum atomic E-state index is 4.30. The molecule has 0 aromatic carbocycles. The summed E-state index contributed by atoms with van der Waals surface area (Å²) in [4.78, 5) is 4.30. The van der Waals surface area contributed by atoms with Crippen LogP contribution in [0, 0.1) is 0 Å². The summed E-state index contributed by atoms with van der Waals surface area (Å²) in [7, 11) is 0. The number of nitrogens with one attached hydrogen (secondary N) is 1. The Hall–Kier alpha value is -0.830. The highest BCUT2D eigenvalue weighted by molar-refractivity contribution is 9.08. The fourth-order valence-corrected chi connectivity index (χ4v) is 1.55. The van der Waals surface area contributed by atoms with Gasteiger partial charge in [-0.1, -0.05) is 22.0 Å². The molecule has 62 valence electrons. The molecule has 12 heavy (non-hydrogen) atoms. The van der Waals surface area contributed by atoms with Crippen LogP contribution >= 0.6 is 15.9 Å². The van der Waals surface area contributed by atoms with Gasteiger partial charge in [0.25, 0.3) is 0 Å². The number of halogens is 1. The van der Waals surface area contributed by atoms with Crippen molar-refractivity contribution in [1.82, 2.24) is 4.98 Å². The highest BCUT2D eigenvalue weighted by atomic mass is 79.9. The minimum Gasteiger partial charge on any atom is -0.347 e. The van der Waals surface area contributed by atoms with Gasteiger partial charge in [0, 0.05) is 11.5 Å². The Morgan fingerprint density at radius 1 is 1.58 bits per heavy atom. The van der Waals surface area contributed by atoms with Crippen LogP contribution in [-0.2, 0) is 11.8 Å². The highest BCUT2D eigenvalue weighted by Crippen LogP contribution is 2.19. The molecule has 0 bridgehead atoms. The van der Waals surface area contributed by atoms with Crippen LogP contribution in [0.2, 0.25) is 0 Å². The molecule has 3 heteroatoms. The molecule has 0 saturated carbocycles. The van der Waals surface area contributed by atoms with E-state index in [9.17, 15) is 0 Å². The molecule has 0 saturated heterocycles. The first kappa shape index (κ1) is 7.80. The lowest BCUT2D eigenvalue weighted by molar-refractivity contribution is 1.13. The van der Waals surface area contributed by atoms with E-state index in [-0.39, 0.29) is 0 Å². The van der Waals surface area contributed by atoms with Gasteiger partial charge >= 0.3 is 0 Å². The van der Waals surface area contributed by atoms with Crippen molar-refractivity contribution in [2.45, 2.75) is 11.8 Å². The summed E-state index contributed by atoms with van der Waals surface area (Å²) in [6, 6.07) is 2.17. The van der Waals surface area contributed by atoms with Crippen LogP contribution in [0.25, 0.3) is 0 Å². The van der Waals surface area contributed by atoms with Crippen molar-refractivity contribution in [3.63, 3.8) is 0 Å². The smallest absolute Gasteiger partial charge is 0.133 e. The molecule has 0 radical (unpaired) electrons. The zero-order valence-electron chi connectivity index (χ0n) is 6.55. The molecule has 1 aromatic rings. The topological polar surface area (TPSA) is 24.9 Å². The minimum absolute atomic E-state index is 0.872. The molecule has 2 nitrogen and oxygen atoms in total. The standard InChI is InChI=1S/C9H9BrN2/c10-5-7-4-8-2-1-3-11-9(8)12-6-7/h1,3-4,6H,2,5H2,(H,11,12). The molecule has 0 spiro atoms. The van der Waals surface area contributed by atoms with Crippen LogP contribution < -0.4 is 5.32 Å². The van der Waals surface area contributed by atoms with E-state index in [1.54, 1.807) is 0 Å². The Kier molecular flexibility index (Phi) is 2.13. The van der Waals surface area contributed by atoms with Crippen LogP contribution in [0.3, 0.4) is 0 Å². The van der Waals surface area contributed by atoms with Gasteiger partial charge in [-0.25, -0.2) is 4.98 Å². The number of anilines is 1. The van der Waals surface area contributed by atoms with Crippen LogP contribution in [0.15, 0.2) is 24.5 Å². The summed E-state index contributed by atoms with van der Waals surface area (Å²) in [5, 5.41) is 3.98. The second-order valence-corrected chi connectivity index (χ2v) is 3.30. The zero-order valence-corrected chi connectivity index (χ0v) is 8.13. The molecule has 1 aliphatic heterocycles. The molecule has 0 aliphatic carbocycles. The third-order valence-corrected chi connectivity index (χ3v) is 2.50. The van der Waals surface area contributed by atoms with E-state index in [1.807, 2.05) is 12.4 Å². The van der Waals surface area contributed by atoms with Crippen LogP contribution in [-0.4, -0.2) is 4.98 Å². The van der Waals surface area contributed by atoms with E-state index in [1.165, 1.54) is 11.1 Å². The van der Waals surface area contributed by atoms with E-state index in [0.717, 1.165) is 17.6 Å². The van der Waals surface area contributed by atoms with Crippen molar-refractivity contribution in [2.24, 2.45) is 0 Å². The lowest BCUT2D eigenvalue weighted by Crippen LogP contribution is -2.02. The summed E-state index contributed by atoms with van der Waals surface area (Å²) in [5.41, 5.74) is 2.50. The largest absolute Gasteiger partial charge is 0.347 e. The number of alkyl halides is 1. The lowest BCUT2D eigenvalue weighted by atomic mass is 10.1. The third kappa shape index (κ3) is 1.37. The van der Waals surface area contributed by atoms with Crippen molar-refractivity contribution < 1.29 is 0 Å². The zero-order chi connectivity index (χ0) is 8.39. The minimum atomic E-state index is 0.872. The maximum Gasteiger partial charge on any atom is 0.133 e. The summed E-state index contributed by atoms with van der Waals surface area (Å²) >= 11 is 3.41. The van der Waals surface area contributed by atoms with E-state index in [2.05, 4.69) is 38.4 Å². The SMILES string of the molecule is BrCc1cnc2c(c1)CC=CN2. The van der Waals surface area contributed by atoms with E-state index in [4.69, 9.17) is 0 Å². The molecule has 1 aliphatic rings. The van der Waals surface area contributed by atoms with Gasteiger partial charge in [-0.05, 0) is 29.8 Å². The van der Waals surface area contributed by atoms with Gasteiger partial charge in [-0.3, -0.25) is 0 Å². The first-order valence-electron chi connectivity index (χ1n) is 3.85. The average Bonchev–Trinajstić information content (AvgIpc) is 2.17. The second-order valence-electron chi connectivity index (χ2n) is 2.74. The van der Waals surface area contributed by atoms with Crippen LogP contribution in [0.5, 0.6) is 0 Å². The molecule has 1 aromatic heterocycles. The summed E-state index contributed by atoms with van der Waals surface area (Å²) in [6.45, 7) is 0. The number of allylic oxidation sites excluding steroid dienone is 1. The van der Waals surface area contributed by atoms with Gasteiger partial charge in [0.15, 0.2) is 0 Å². The normalized spacial score (nSPS) is 13.8. The molecule has 2 rings (SSSR count). The van der Waals surface area contributed by atoms with Crippen LogP contribution in [0.1, 0.15) is 11.1 Å². The van der Waals surface area contributed by atoms with Crippen molar-refractivity contribution >= 4 is 21.7 Å². The van der Waals surface area contributed by atoms with Crippen molar-refractivity contribution in [3.05, 3.63) is 35.7 Å². The van der Waals surface area contributed by atoms with E-state index in [0.29, 0.717) is 0 Å². The number of nitrogens with zero attached hydrogens (tertiary/aromatic N) is 1. The molecular formula is C9H9BrN2.